The summed E-state index contributed by atoms with van der Waals surface area (Å²) in [6.45, 7) is 4.98. The number of carbonyl (C=O) groups excluding carboxylic acids is 2. The van der Waals surface area contributed by atoms with Crippen LogP contribution < -0.4 is 9.80 Å². The van der Waals surface area contributed by atoms with Crippen LogP contribution in [0.1, 0.15) is 59.5 Å². The van der Waals surface area contributed by atoms with Crippen LogP contribution in [0, 0.1) is 12.8 Å². The largest absolute Gasteiger partial charge is 0.357 e. The summed E-state index contributed by atoms with van der Waals surface area (Å²) in [4.78, 5) is 45.3. The summed E-state index contributed by atoms with van der Waals surface area (Å²) in [5, 5.41) is 0. The van der Waals surface area contributed by atoms with E-state index in [1.807, 2.05) is 17.9 Å². The lowest BCUT2D eigenvalue weighted by Crippen LogP contribution is -2.38. The van der Waals surface area contributed by atoms with Gasteiger partial charge in [-0.15, -0.1) is 0 Å². The first-order valence-electron chi connectivity index (χ1n) is 11.6. The minimum atomic E-state index is -0.0854. The molecule has 0 bridgehead atoms. The normalized spacial score (nSPS) is 18.1. The molecule has 0 aromatic carbocycles. The summed E-state index contributed by atoms with van der Waals surface area (Å²) in [5.74, 6) is 2.82. The maximum absolute atomic E-state index is 13.1. The topological polar surface area (TPSA) is 82.5 Å². The van der Waals surface area contributed by atoms with Crippen molar-refractivity contribution in [3.05, 3.63) is 41.0 Å². The van der Waals surface area contributed by atoms with Gasteiger partial charge in [-0.25, -0.2) is 15.0 Å². The summed E-state index contributed by atoms with van der Waals surface area (Å²) >= 11 is 0. The molecule has 168 valence electrons. The maximum atomic E-state index is 13.1. The lowest BCUT2D eigenvalue weighted by molar-refractivity contribution is -0.119. The summed E-state index contributed by atoms with van der Waals surface area (Å²) < 4.78 is 0. The van der Waals surface area contributed by atoms with Gasteiger partial charge in [-0.2, -0.15) is 0 Å². The van der Waals surface area contributed by atoms with Crippen LogP contribution in [0.2, 0.25) is 0 Å². The fraction of sp³-hybridized carbons (Fsp3) is 0.542. The van der Waals surface area contributed by atoms with Crippen molar-refractivity contribution in [1.82, 2.24) is 19.9 Å². The van der Waals surface area contributed by atoms with E-state index in [1.165, 1.54) is 12.8 Å². The van der Waals surface area contributed by atoms with E-state index >= 15 is 0 Å². The van der Waals surface area contributed by atoms with Crippen molar-refractivity contribution >= 4 is 23.5 Å². The minimum absolute atomic E-state index is 0.0854. The predicted molar refractivity (Wildman–Crippen MR) is 122 cm³/mol. The molecule has 1 saturated carbocycles. The van der Waals surface area contributed by atoms with E-state index in [4.69, 9.17) is 4.98 Å². The number of anilines is 2. The molecular formula is C24H30N6O2. The van der Waals surface area contributed by atoms with Crippen LogP contribution in [-0.4, -0.2) is 58.3 Å². The van der Waals surface area contributed by atoms with Crippen molar-refractivity contribution in [3.8, 4) is 0 Å². The lowest BCUT2D eigenvalue weighted by atomic mass is 10.0. The first-order valence-corrected chi connectivity index (χ1v) is 11.6. The van der Waals surface area contributed by atoms with Crippen molar-refractivity contribution in [2.45, 2.75) is 52.0 Å². The molecule has 2 aromatic rings. The van der Waals surface area contributed by atoms with Crippen LogP contribution in [0.15, 0.2) is 18.3 Å². The highest BCUT2D eigenvalue weighted by molar-refractivity contribution is 5.96. The molecule has 0 spiro atoms. The Morgan fingerprint density at radius 3 is 2.72 bits per heavy atom. The number of fused-ring (bicyclic) bond motifs is 1. The summed E-state index contributed by atoms with van der Waals surface area (Å²) in [5.41, 5.74) is 2.58. The second-order valence-corrected chi connectivity index (χ2v) is 9.23. The van der Waals surface area contributed by atoms with Crippen molar-refractivity contribution < 1.29 is 9.59 Å². The van der Waals surface area contributed by atoms with E-state index in [1.54, 1.807) is 24.2 Å². The number of amides is 2. The van der Waals surface area contributed by atoms with Gasteiger partial charge in [0.05, 0.1) is 6.54 Å². The van der Waals surface area contributed by atoms with Crippen LogP contribution in [0.5, 0.6) is 0 Å². The van der Waals surface area contributed by atoms with Crippen LogP contribution in [0.25, 0.3) is 0 Å². The van der Waals surface area contributed by atoms with Crippen LogP contribution >= 0.6 is 0 Å². The van der Waals surface area contributed by atoms with Gasteiger partial charge < -0.3 is 9.80 Å². The molecule has 2 fully saturated rings. The number of carbonyl (C=O) groups is 2. The van der Waals surface area contributed by atoms with Gasteiger partial charge in [0.25, 0.3) is 5.91 Å². The number of rotatable bonds is 6. The minimum Gasteiger partial charge on any atom is -0.357 e. The SMILES string of the molecule is Cc1nc(CN(C)C(=O)c2ccnc(N3CCCC3)c2)nc2c1CCC(=O)N2CC1CC1. The van der Waals surface area contributed by atoms with Crippen molar-refractivity contribution in [2.75, 3.05) is 36.5 Å². The van der Waals surface area contributed by atoms with E-state index in [2.05, 4.69) is 14.9 Å². The predicted octanol–water partition coefficient (Wildman–Crippen LogP) is 2.74. The zero-order valence-electron chi connectivity index (χ0n) is 18.9. The molecule has 2 aromatic heterocycles. The van der Waals surface area contributed by atoms with Crippen LogP contribution in [0.3, 0.4) is 0 Å². The first kappa shape index (κ1) is 20.8. The van der Waals surface area contributed by atoms with Crippen LogP contribution in [-0.2, 0) is 17.8 Å². The van der Waals surface area contributed by atoms with Gasteiger partial charge in [0.2, 0.25) is 5.91 Å². The molecule has 3 aliphatic rings. The molecule has 8 heteroatoms. The smallest absolute Gasteiger partial charge is 0.254 e. The molecular weight excluding hydrogens is 404 g/mol. The molecule has 0 N–H and O–H groups in total. The Morgan fingerprint density at radius 2 is 1.97 bits per heavy atom. The molecule has 2 amide bonds. The number of aryl methyl sites for hydroxylation is 1. The molecule has 1 aliphatic carbocycles. The van der Waals surface area contributed by atoms with E-state index in [9.17, 15) is 9.59 Å². The summed E-state index contributed by atoms with van der Waals surface area (Å²) in [6, 6.07) is 3.63. The summed E-state index contributed by atoms with van der Waals surface area (Å²) in [7, 11) is 1.77. The average Bonchev–Trinajstić information content (AvgIpc) is 3.44. The monoisotopic (exact) mass is 434 g/mol. The number of aromatic nitrogens is 3. The Kier molecular flexibility index (Phi) is 5.53. The highest BCUT2D eigenvalue weighted by atomic mass is 16.2. The van der Waals surface area contributed by atoms with E-state index in [0.29, 0.717) is 36.7 Å². The summed E-state index contributed by atoms with van der Waals surface area (Å²) in [6.07, 6.45) is 7.59. The van der Waals surface area contributed by atoms with Crippen molar-refractivity contribution in [2.24, 2.45) is 5.92 Å². The molecule has 0 atom stereocenters. The second-order valence-electron chi connectivity index (χ2n) is 9.23. The van der Waals surface area contributed by atoms with Crippen molar-refractivity contribution in [3.63, 3.8) is 0 Å². The Morgan fingerprint density at radius 1 is 1.19 bits per heavy atom. The zero-order chi connectivity index (χ0) is 22.2. The third kappa shape index (κ3) is 4.18. The highest BCUT2D eigenvalue weighted by Crippen LogP contribution is 2.35. The van der Waals surface area contributed by atoms with E-state index < -0.39 is 0 Å². The fourth-order valence-electron chi connectivity index (χ4n) is 4.63. The molecule has 0 unspecified atom stereocenters. The number of pyridine rings is 1. The van der Waals surface area contributed by atoms with Gasteiger partial charge >= 0.3 is 0 Å². The van der Waals surface area contributed by atoms with E-state index in [-0.39, 0.29) is 11.8 Å². The third-order valence-corrected chi connectivity index (χ3v) is 6.67. The molecule has 4 heterocycles. The quantitative estimate of drug-likeness (QED) is 0.695. The number of nitrogens with zero attached hydrogens (tertiary/aromatic N) is 6. The fourth-order valence-corrected chi connectivity index (χ4v) is 4.63. The number of hydrogen-bond donors (Lipinski definition) is 0. The first-order chi connectivity index (χ1) is 15.5. The van der Waals surface area contributed by atoms with Gasteiger partial charge in [-0.3, -0.25) is 14.5 Å². The average molecular weight is 435 g/mol. The molecule has 2 aliphatic heterocycles. The molecule has 5 rings (SSSR count). The molecule has 1 saturated heterocycles. The van der Waals surface area contributed by atoms with Crippen LogP contribution in [0.4, 0.5) is 11.6 Å². The Hall–Kier alpha value is -3.03. The highest BCUT2D eigenvalue weighted by Gasteiger charge is 2.33. The lowest BCUT2D eigenvalue weighted by Gasteiger charge is -2.29. The van der Waals surface area contributed by atoms with Gasteiger partial charge in [0.15, 0.2) is 0 Å². The van der Waals surface area contributed by atoms with E-state index in [0.717, 1.165) is 55.4 Å². The van der Waals surface area contributed by atoms with Crippen molar-refractivity contribution in [1.29, 1.82) is 0 Å². The third-order valence-electron chi connectivity index (χ3n) is 6.67. The Labute approximate surface area is 188 Å². The maximum Gasteiger partial charge on any atom is 0.254 e. The molecule has 8 nitrogen and oxygen atoms in total. The Bertz CT molecular complexity index is 1040. The number of hydrogen-bond acceptors (Lipinski definition) is 6. The van der Waals surface area contributed by atoms with Gasteiger partial charge in [-0.05, 0) is 57.1 Å². The molecule has 32 heavy (non-hydrogen) atoms. The molecule has 0 radical (unpaired) electrons. The van der Waals surface area contributed by atoms with Gasteiger partial charge in [0, 0.05) is 56.1 Å². The standard InChI is InChI=1S/C24H30N6O2/c1-16-19-7-8-22(31)30(14-17-5-6-17)23(19)27-20(26-16)15-28(2)24(32)18-9-10-25-21(13-18)29-11-3-4-12-29/h9-10,13,17H,3-8,11-12,14-15H2,1-2H3. The van der Waals surface area contributed by atoms with Gasteiger partial charge in [0.1, 0.15) is 17.5 Å². The Balaban J connectivity index is 1.35. The zero-order valence-corrected chi connectivity index (χ0v) is 18.9. The van der Waals surface area contributed by atoms with Gasteiger partial charge in [-0.1, -0.05) is 0 Å². The second kappa shape index (κ2) is 8.48.